The number of amides is 1. The summed E-state index contributed by atoms with van der Waals surface area (Å²) in [6.45, 7) is 0. The Kier molecular flexibility index (Phi) is 3.64. The summed E-state index contributed by atoms with van der Waals surface area (Å²) in [4.78, 5) is 12.6. The fourth-order valence-electron chi connectivity index (χ4n) is 3.39. The van der Waals surface area contributed by atoms with Gasteiger partial charge in [0.1, 0.15) is 5.82 Å². The van der Waals surface area contributed by atoms with Gasteiger partial charge in [-0.25, -0.2) is 4.39 Å². The van der Waals surface area contributed by atoms with Gasteiger partial charge in [-0.2, -0.15) is 0 Å². The molecule has 3 unspecified atom stereocenters. The number of carbonyl (C=O) groups is 1. The van der Waals surface area contributed by atoms with Crippen molar-refractivity contribution >= 4 is 5.91 Å². The van der Waals surface area contributed by atoms with E-state index < -0.39 is 0 Å². The Morgan fingerprint density at radius 3 is 2.39 bits per heavy atom. The summed E-state index contributed by atoms with van der Waals surface area (Å²) < 4.78 is 13.0. The molecular weight excluding hydrogens is 289 g/mol. The number of hydrogen-bond donors (Lipinski definition) is 1. The van der Waals surface area contributed by atoms with Crippen molar-refractivity contribution in [3.8, 4) is 0 Å². The molecule has 2 nitrogen and oxygen atoms in total. The van der Waals surface area contributed by atoms with Crippen LogP contribution in [-0.2, 0) is 4.79 Å². The van der Waals surface area contributed by atoms with Crippen LogP contribution in [0, 0.1) is 17.7 Å². The number of nitrogens with one attached hydrogen (secondary N) is 1. The van der Waals surface area contributed by atoms with Gasteiger partial charge in [0.2, 0.25) is 5.91 Å². The highest BCUT2D eigenvalue weighted by atomic mass is 19.1. The van der Waals surface area contributed by atoms with Gasteiger partial charge in [0.05, 0.1) is 6.04 Å². The summed E-state index contributed by atoms with van der Waals surface area (Å²) in [6, 6.07) is 16.9. The Morgan fingerprint density at radius 2 is 1.74 bits per heavy atom. The van der Waals surface area contributed by atoms with Crippen LogP contribution in [0.2, 0.25) is 0 Å². The number of halogens is 1. The number of carbonyl (C=O) groups excluding carboxylic acids is 1. The second kappa shape index (κ2) is 5.80. The van der Waals surface area contributed by atoms with E-state index in [4.69, 9.17) is 0 Å². The van der Waals surface area contributed by atoms with Crippen LogP contribution in [0.15, 0.2) is 54.6 Å². The van der Waals surface area contributed by atoms with Gasteiger partial charge in [0.25, 0.3) is 0 Å². The van der Waals surface area contributed by atoms with Gasteiger partial charge in [-0.15, -0.1) is 0 Å². The molecule has 2 saturated carbocycles. The van der Waals surface area contributed by atoms with Crippen molar-refractivity contribution in [1.29, 1.82) is 0 Å². The lowest BCUT2D eigenvalue weighted by atomic mass is 10.0. The Balaban J connectivity index is 1.42. The number of benzene rings is 2. The Labute approximate surface area is 135 Å². The monoisotopic (exact) mass is 309 g/mol. The number of rotatable bonds is 5. The maximum Gasteiger partial charge on any atom is 0.224 e. The van der Waals surface area contributed by atoms with Crippen LogP contribution in [0.1, 0.15) is 42.3 Å². The highest BCUT2D eigenvalue weighted by molar-refractivity contribution is 5.83. The zero-order chi connectivity index (χ0) is 15.8. The molecule has 4 rings (SSSR count). The third-order valence-corrected chi connectivity index (χ3v) is 4.98. The van der Waals surface area contributed by atoms with E-state index >= 15 is 0 Å². The minimum absolute atomic E-state index is 0.0328. The molecule has 2 fully saturated rings. The second-order valence-corrected chi connectivity index (χ2v) is 6.73. The molecule has 0 spiro atoms. The smallest absolute Gasteiger partial charge is 0.224 e. The Morgan fingerprint density at radius 1 is 1.04 bits per heavy atom. The van der Waals surface area contributed by atoms with E-state index in [1.165, 1.54) is 30.5 Å². The molecule has 0 radical (unpaired) electrons. The van der Waals surface area contributed by atoms with Crippen LogP contribution in [-0.4, -0.2) is 5.91 Å². The van der Waals surface area contributed by atoms with Crippen molar-refractivity contribution in [2.75, 3.05) is 0 Å². The van der Waals surface area contributed by atoms with Crippen LogP contribution in [0.3, 0.4) is 0 Å². The average Bonchev–Trinajstić information content (AvgIpc) is 3.47. The largest absolute Gasteiger partial charge is 0.349 e. The second-order valence-electron chi connectivity index (χ2n) is 6.73. The van der Waals surface area contributed by atoms with E-state index in [0.29, 0.717) is 5.92 Å². The molecule has 2 aromatic rings. The fraction of sp³-hybridized carbons (Fsp3) is 0.350. The van der Waals surface area contributed by atoms with E-state index in [1.54, 1.807) is 12.1 Å². The molecule has 3 heteroatoms. The van der Waals surface area contributed by atoms with Crippen LogP contribution >= 0.6 is 0 Å². The van der Waals surface area contributed by atoms with Crippen LogP contribution < -0.4 is 5.32 Å². The van der Waals surface area contributed by atoms with Gasteiger partial charge in [-0.1, -0.05) is 42.5 Å². The molecular formula is C20H20FNO. The zero-order valence-corrected chi connectivity index (χ0v) is 12.9. The van der Waals surface area contributed by atoms with E-state index in [0.717, 1.165) is 12.0 Å². The molecule has 3 atom stereocenters. The quantitative estimate of drug-likeness (QED) is 0.881. The summed E-state index contributed by atoms with van der Waals surface area (Å²) >= 11 is 0. The molecule has 2 aliphatic carbocycles. The molecule has 23 heavy (non-hydrogen) atoms. The van der Waals surface area contributed by atoms with Gasteiger partial charge >= 0.3 is 0 Å². The summed E-state index contributed by atoms with van der Waals surface area (Å²) in [5, 5.41) is 3.26. The zero-order valence-electron chi connectivity index (χ0n) is 12.9. The maximum absolute atomic E-state index is 13.0. The first-order valence-electron chi connectivity index (χ1n) is 8.33. The van der Waals surface area contributed by atoms with Crippen LogP contribution in [0.25, 0.3) is 0 Å². The summed E-state index contributed by atoms with van der Waals surface area (Å²) in [7, 11) is 0. The first-order chi connectivity index (χ1) is 11.2. The lowest BCUT2D eigenvalue weighted by molar-refractivity contribution is -0.123. The van der Waals surface area contributed by atoms with Crippen molar-refractivity contribution in [2.24, 2.45) is 11.8 Å². The van der Waals surface area contributed by atoms with Gasteiger partial charge in [-0.05, 0) is 54.4 Å². The third kappa shape index (κ3) is 3.14. The average molecular weight is 309 g/mol. The van der Waals surface area contributed by atoms with Gasteiger partial charge in [0, 0.05) is 5.92 Å². The van der Waals surface area contributed by atoms with E-state index in [2.05, 4.69) is 17.4 Å². The van der Waals surface area contributed by atoms with Crippen LogP contribution in [0.4, 0.5) is 4.39 Å². The molecule has 0 aromatic heterocycles. The predicted octanol–water partition coefficient (Wildman–Crippen LogP) is 4.20. The third-order valence-electron chi connectivity index (χ3n) is 4.98. The normalized spacial score (nSPS) is 24.0. The number of hydrogen-bond acceptors (Lipinski definition) is 1. The molecule has 2 aromatic carbocycles. The van der Waals surface area contributed by atoms with Crippen molar-refractivity contribution in [1.82, 2.24) is 5.32 Å². The molecule has 118 valence electrons. The van der Waals surface area contributed by atoms with Gasteiger partial charge < -0.3 is 5.32 Å². The highest BCUT2D eigenvalue weighted by Gasteiger charge is 2.45. The minimum atomic E-state index is -0.228. The lowest BCUT2D eigenvalue weighted by Crippen LogP contribution is -2.31. The van der Waals surface area contributed by atoms with E-state index in [-0.39, 0.29) is 29.6 Å². The highest BCUT2D eigenvalue weighted by Crippen LogP contribution is 2.48. The molecule has 0 saturated heterocycles. The van der Waals surface area contributed by atoms with Gasteiger partial charge in [0.15, 0.2) is 0 Å². The van der Waals surface area contributed by atoms with Gasteiger partial charge in [-0.3, -0.25) is 4.79 Å². The Hall–Kier alpha value is -2.16. The standard InChI is InChI=1S/C20H20FNO/c21-16-10-8-13(9-11-16)17-12-18(17)20(23)22-19(15-6-7-15)14-4-2-1-3-5-14/h1-5,8-11,15,17-19H,6-7,12H2,(H,22,23). The topological polar surface area (TPSA) is 29.1 Å². The molecule has 2 aliphatic rings. The van der Waals surface area contributed by atoms with Crippen molar-refractivity contribution < 1.29 is 9.18 Å². The molecule has 1 amide bonds. The van der Waals surface area contributed by atoms with E-state index in [1.807, 2.05) is 18.2 Å². The molecule has 0 heterocycles. The minimum Gasteiger partial charge on any atom is -0.349 e. The first kappa shape index (κ1) is 14.4. The van der Waals surface area contributed by atoms with Crippen molar-refractivity contribution in [2.45, 2.75) is 31.2 Å². The summed E-state index contributed by atoms with van der Waals surface area (Å²) in [5.41, 5.74) is 2.26. The van der Waals surface area contributed by atoms with Crippen molar-refractivity contribution in [3.05, 3.63) is 71.5 Å². The maximum atomic E-state index is 13.0. The first-order valence-corrected chi connectivity index (χ1v) is 8.33. The summed E-state index contributed by atoms with van der Waals surface area (Å²) in [5.74, 6) is 0.759. The molecule has 0 bridgehead atoms. The summed E-state index contributed by atoms with van der Waals surface area (Å²) in [6.07, 6.45) is 3.24. The van der Waals surface area contributed by atoms with Crippen molar-refractivity contribution in [3.63, 3.8) is 0 Å². The Bertz CT molecular complexity index is 693. The van der Waals surface area contributed by atoms with Crippen LogP contribution in [0.5, 0.6) is 0 Å². The lowest BCUT2D eigenvalue weighted by Gasteiger charge is -2.19. The molecule has 1 N–H and O–H groups in total. The van der Waals surface area contributed by atoms with E-state index in [9.17, 15) is 9.18 Å². The molecule has 0 aliphatic heterocycles. The SMILES string of the molecule is O=C(NC(c1ccccc1)C1CC1)C1CC1c1ccc(F)cc1. The predicted molar refractivity (Wildman–Crippen MR) is 87.3 cm³/mol. The fourth-order valence-corrected chi connectivity index (χ4v) is 3.39.